The van der Waals surface area contributed by atoms with Crippen molar-refractivity contribution in [3.63, 3.8) is 0 Å². The predicted molar refractivity (Wildman–Crippen MR) is 80.5 cm³/mol. The minimum atomic E-state index is -0.266. The van der Waals surface area contributed by atoms with Gasteiger partial charge in [0.25, 0.3) is 0 Å². The number of nitrogens with zero attached hydrogens (tertiary/aromatic N) is 2. The maximum atomic E-state index is 12.5. The molecule has 2 aliphatic carbocycles. The minimum Gasteiger partial charge on any atom is -0.468 e. The van der Waals surface area contributed by atoms with Crippen LogP contribution in [0.2, 0.25) is 0 Å². The lowest BCUT2D eigenvalue weighted by Crippen LogP contribution is -2.44. The number of hydrogen-bond donors (Lipinski definition) is 0. The van der Waals surface area contributed by atoms with Crippen LogP contribution in [0.4, 0.5) is 0 Å². The van der Waals surface area contributed by atoms with Gasteiger partial charge in [-0.25, -0.2) is 0 Å². The highest BCUT2D eigenvalue weighted by molar-refractivity contribution is 5.81. The average molecular weight is 294 g/mol. The van der Waals surface area contributed by atoms with Gasteiger partial charge >= 0.3 is 5.97 Å². The van der Waals surface area contributed by atoms with Gasteiger partial charge in [0.1, 0.15) is 0 Å². The third-order valence-electron chi connectivity index (χ3n) is 4.56. The molecule has 1 saturated carbocycles. The van der Waals surface area contributed by atoms with Gasteiger partial charge in [0, 0.05) is 18.8 Å². The molecule has 0 saturated heterocycles. The summed E-state index contributed by atoms with van der Waals surface area (Å²) in [7, 11) is 3.23. The molecule has 0 heterocycles. The van der Waals surface area contributed by atoms with Gasteiger partial charge in [0.2, 0.25) is 5.91 Å². The quantitative estimate of drug-likeness (QED) is 0.702. The molecule has 0 bridgehead atoms. The van der Waals surface area contributed by atoms with Crippen molar-refractivity contribution in [2.24, 2.45) is 0 Å². The molecule has 2 rings (SSSR count). The van der Waals surface area contributed by atoms with E-state index >= 15 is 0 Å². The second kappa shape index (κ2) is 7.59. The summed E-state index contributed by atoms with van der Waals surface area (Å²) in [4.78, 5) is 27.8. The van der Waals surface area contributed by atoms with E-state index in [1.807, 2.05) is 11.9 Å². The maximum absolute atomic E-state index is 12.5. The van der Waals surface area contributed by atoms with Crippen molar-refractivity contribution in [1.29, 1.82) is 0 Å². The second-order valence-electron chi connectivity index (χ2n) is 5.96. The summed E-state index contributed by atoms with van der Waals surface area (Å²) in [5.74, 6) is -0.198. The number of rotatable bonds is 6. The van der Waals surface area contributed by atoms with Gasteiger partial charge in [-0.1, -0.05) is 18.9 Å². The van der Waals surface area contributed by atoms with E-state index in [-0.39, 0.29) is 18.4 Å². The molecule has 0 radical (unpaired) electrons. The van der Waals surface area contributed by atoms with Gasteiger partial charge in [0.05, 0.1) is 20.2 Å². The van der Waals surface area contributed by atoms with E-state index < -0.39 is 0 Å². The zero-order valence-electron chi connectivity index (χ0n) is 13.1. The van der Waals surface area contributed by atoms with Crippen LogP contribution in [-0.4, -0.2) is 55.0 Å². The first-order chi connectivity index (χ1) is 10.1. The number of hydrogen-bond acceptors (Lipinski definition) is 4. The highest BCUT2D eigenvalue weighted by Gasteiger charge is 2.28. The highest BCUT2D eigenvalue weighted by atomic mass is 16.5. The smallest absolute Gasteiger partial charge is 0.319 e. The van der Waals surface area contributed by atoms with Crippen LogP contribution in [0.25, 0.3) is 0 Å². The van der Waals surface area contributed by atoms with Crippen molar-refractivity contribution in [3.05, 3.63) is 11.8 Å². The summed E-state index contributed by atoms with van der Waals surface area (Å²) >= 11 is 0. The molecule has 118 valence electrons. The monoisotopic (exact) mass is 294 g/mol. The average Bonchev–Trinajstić information content (AvgIpc) is 3.17. The van der Waals surface area contributed by atoms with Crippen LogP contribution in [-0.2, 0) is 14.3 Å². The molecular formula is C16H26N2O3. The van der Waals surface area contributed by atoms with Crippen LogP contribution in [0.1, 0.15) is 44.9 Å². The summed E-state index contributed by atoms with van der Waals surface area (Å²) < 4.78 is 4.77. The fraction of sp³-hybridized carbons (Fsp3) is 0.750. The molecule has 21 heavy (non-hydrogen) atoms. The molecule has 0 N–H and O–H groups in total. The number of carbonyl (C=O) groups excluding carboxylic acids is 2. The lowest BCUT2D eigenvalue weighted by molar-refractivity contribution is -0.143. The van der Waals surface area contributed by atoms with E-state index in [2.05, 4.69) is 6.08 Å². The fourth-order valence-electron chi connectivity index (χ4n) is 3.21. The van der Waals surface area contributed by atoms with E-state index in [1.54, 1.807) is 4.90 Å². The third kappa shape index (κ3) is 4.30. The number of allylic oxidation sites excluding steroid dienone is 2. The zero-order chi connectivity index (χ0) is 15.2. The van der Waals surface area contributed by atoms with E-state index in [1.165, 1.54) is 20.0 Å². The molecule has 0 aromatic rings. The molecule has 0 aliphatic heterocycles. The molecule has 5 heteroatoms. The molecule has 5 nitrogen and oxygen atoms in total. The van der Waals surface area contributed by atoms with Crippen molar-refractivity contribution in [2.45, 2.75) is 51.0 Å². The first-order valence-electron chi connectivity index (χ1n) is 7.88. The SMILES string of the molecule is COC(=O)CN(CC(=O)N(C)C1=CCCC1)C1CCCC1. The summed E-state index contributed by atoms with van der Waals surface area (Å²) in [6.45, 7) is 0.507. The van der Waals surface area contributed by atoms with Crippen LogP contribution in [0.5, 0.6) is 0 Å². The van der Waals surface area contributed by atoms with Crippen molar-refractivity contribution < 1.29 is 14.3 Å². The fourth-order valence-corrected chi connectivity index (χ4v) is 3.21. The zero-order valence-corrected chi connectivity index (χ0v) is 13.1. The van der Waals surface area contributed by atoms with Crippen LogP contribution >= 0.6 is 0 Å². The molecule has 1 amide bonds. The molecule has 0 spiro atoms. The van der Waals surface area contributed by atoms with E-state index in [0.29, 0.717) is 12.6 Å². The standard InChI is InChI=1S/C16H26N2O3/c1-17(13-7-3-4-8-13)15(19)11-18(12-16(20)21-2)14-9-5-6-10-14/h7,14H,3-6,8-12H2,1-2H3. The molecule has 0 unspecified atom stereocenters. The Labute approximate surface area is 126 Å². The Kier molecular flexibility index (Phi) is 5.79. The summed E-state index contributed by atoms with van der Waals surface area (Å²) in [6, 6.07) is 0.332. The molecule has 0 aromatic heterocycles. The van der Waals surface area contributed by atoms with E-state index in [0.717, 1.165) is 37.8 Å². The number of methoxy groups -OCH3 is 1. The van der Waals surface area contributed by atoms with E-state index in [9.17, 15) is 9.59 Å². The normalized spacial score (nSPS) is 18.9. The third-order valence-corrected chi connectivity index (χ3v) is 4.56. The summed E-state index contributed by atoms with van der Waals surface area (Å²) in [6.07, 6.45) is 9.78. The molecular weight excluding hydrogens is 268 g/mol. The number of carbonyl (C=O) groups is 2. The molecule has 0 atom stereocenters. The molecule has 1 fully saturated rings. The topological polar surface area (TPSA) is 49.9 Å². The number of likely N-dealkylation sites (N-methyl/N-ethyl adjacent to an activating group) is 1. The molecule has 2 aliphatic rings. The maximum Gasteiger partial charge on any atom is 0.319 e. The van der Waals surface area contributed by atoms with Crippen molar-refractivity contribution in [1.82, 2.24) is 9.80 Å². The Morgan fingerprint density at radius 1 is 1.24 bits per heavy atom. The number of esters is 1. The van der Waals surface area contributed by atoms with Gasteiger partial charge in [-0.15, -0.1) is 0 Å². The lowest BCUT2D eigenvalue weighted by atomic mass is 10.2. The lowest BCUT2D eigenvalue weighted by Gasteiger charge is -2.29. The van der Waals surface area contributed by atoms with Gasteiger partial charge in [-0.2, -0.15) is 0 Å². The largest absolute Gasteiger partial charge is 0.468 e. The Balaban J connectivity index is 1.96. The minimum absolute atomic E-state index is 0.0685. The predicted octanol–water partition coefficient (Wildman–Crippen LogP) is 1.93. The molecule has 0 aromatic carbocycles. The first-order valence-corrected chi connectivity index (χ1v) is 7.88. The van der Waals surface area contributed by atoms with E-state index in [4.69, 9.17) is 4.74 Å². The van der Waals surface area contributed by atoms with Crippen molar-refractivity contribution in [3.8, 4) is 0 Å². The highest BCUT2D eigenvalue weighted by Crippen LogP contribution is 2.24. The second-order valence-corrected chi connectivity index (χ2v) is 5.96. The Morgan fingerprint density at radius 3 is 2.52 bits per heavy atom. The van der Waals surface area contributed by atoms with Crippen molar-refractivity contribution in [2.75, 3.05) is 27.2 Å². The van der Waals surface area contributed by atoms with Crippen LogP contribution in [0.3, 0.4) is 0 Å². The summed E-state index contributed by atoms with van der Waals surface area (Å²) in [5, 5.41) is 0. The van der Waals surface area contributed by atoms with Gasteiger partial charge in [-0.3, -0.25) is 14.5 Å². The Bertz CT molecular complexity index is 414. The van der Waals surface area contributed by atoms with Crippen LogP contribution in [0, 0.1) is 0 Å². The van der Waals surface area contributed by atoms with Crippen LogP contribution < -0.4 is 0 Å². The Hall–Kier alpha value is -1.36. The van der Waals surface area contributed by atoms with Crippen molar-refractivity contribution >= 4 is 11.9 Å². The Morgan fingerprint density at radius 2 is 1.95 bits per heavy atom. The van der Waals surface area contributed by atoms with Gasteiger partial charge in [0.15, 0.2) is 0 Å². The number of amides is 1. The summed E-state index contributed by atoms with van der Waals surface area (Å²) in [5.41, 5.74) is 1.12. The number of ether oxygens (including phenoxy) is 1. The first kappa shape index (κ1) is 16.0. The van der Waals surface area contributed by atoms with Crippen LogP contribution in [0.15, 0.2) is 11.8 Å². The van der Waals surface area contributed by atoms with Gasteiger partial charge in [-0.05, 0) is 32.1 Å². The van der Waals surface area contributed by atoms with Gasteiger partial charge < -0.3 is 9.64 Å².